The lowest BCUT2D eigenvalue weighted by Gasteiger charge is -2.16. The number of halogens is 1. The standard InChI is InChI=1S/C21H17FN2O2/c1-14-2-4-16(5-3-14)20-19(12-23-26-20)21(25)24-11-10-17(13-24)15-6-8-18(22)9-7-15/h2-10,12H,11,13H2,1H3. The van der Waals surface area contributed by atoms with Gasteiger partial charge < -0.3 is 9.42 Å². The Kier molecular flexibility index (Phi) is 4.13. The summed E-state index contributed by atoms with van der Waals surface area (Å²) < 4.78 is 18.4. The highest BCUT2D eigenvalue weighted by atomic mass is 19.1. The van der Waals surface area contributed by atoms with Crippen LogP contribution in [-0.4, -0.2) is 29.1 Å². The van der Waals surface area contributed by atoms with Gasteiger partial charge in [0.25, 0.3) is 5.91 Å². The zero-order chi connectivity index (χ0) is 18.1. The second kappa shape index (κ2) is 6.59. The van der Waals surface area contributed by atoms with Gasteiger partial charge in [0.1, 0.15) is 11.4 Å². The third-order valence-corrected chi connectivity index (χ3v) is 4.54. The second-order valence-electron chi connectivity index (χ2n) is 6.36. The van der Waals surface area contributed by atoms with Crippen molar-refractivity contribution in [3.8, 4) is 11.3 Å². The van der Waals surface area contributed by atoms with Crippen molar-refractivity contribution in [2.75, 3.05) is 13.1 Å². The van der Waals surface area contributed by atoms with Gasteiger partial charge in [-0.25, -0.2) is 4.39 Å². The summed E-state index contributed by atoms with van der Waals surface area (Å²) in [5, 5.41) is 3.82. The highest BCUT2D eigenvalue weighted by molar-refractivity contribution is 6.00. The summed E-state index contributed by atoms with van der Waals surface area (Å²) in [5.41, 5.74) is 4.33. The third kappa shape index (κ3) is 3.04. The smallest absolute Gasteiger partial charge is 0.260 e. The van der Waals surface area contributed by atoms with E-state index in [1.54, 1.807) is 17.0 Å². The van der Waals surface area contributed by atoms with Crippen LogP contribution in [-0.2, 0) is 0 Å². The maximum absolute atomic E-state index is 13.1. The largest absolute Gasteiger partial charge is 0.355 e. The summed E-state index contributed by atoms with van der Waals surface area (Å²) in [7, 11) is 0. The molecule has 1 aromatic heterocycles. The molecule has 1 amide bonds. The molecule has 0 saturated heterocycles. The van der Waals surface area contributed by atoms with Gasteiger partial charge in [-0.2, -0.15) is 0 Å². The molecule has 0 N–H and O–H groups in total. The number of nitrogens with zero attached hydrogens (tertiary/aromatic N) is 2. The van der Waals surface area contributed by atoms with Crippen LogP contribution in [0.1, 0.15) is 21.5 Å². The van der Waals surface area contributed by atoms with E-state index < -0.39 is 0 Å². The number of rotatable bonds is 3. The maximum Gasteiger partial charge on any atom is 0.260 e. The fraction of sp³-hybridized carbons (Fsp3) is 0.143. The molecule has 0 bridgehead atoms. The predicted octanol–water partition coefficient (Wildman–Crippen LogP) is 4.33. The number of aryl methyl sites for hydroxylation is 1. The normalized spacial score (nSPS) is 13.8. The van der Waals surface area contributed by atoms with Gasteiger partial charge in [0, 0.05) is 18.7 Å². The molecular weight excluding hydrogens is 331 g/mol. The fourth-order valence-electron chi connectivity index (χ4n) is 3.06. The maximum atomic E-state index is 13.1. The lowest BCUT2D eigenvalue weighted by atomic mass is 10.1. The molecular formula is C21H17FN2O2. The minimum atomic E-state index is -0.271. The Morgan fingerprint density at radius 3 is 2.50 bits per heavy atom. The molecule has 4 nitrogen and oxygen atoms in total. The van der Waals surface area contributed by atoms with E-state index in [4.69, 9.17) is 4.52 Å². The Bertz CT molecular complexity index is 972. The van der Waals surface area contributed by atoms with Crippen LogP contribution in [0, 0.1) is 12.7 Å². The molecule has 0 atom stereocenters. The first-order valence-corrected chi connectivity index (χ1v) is 8.38. The van der Waals surface area contributed by atoms with Crippen molar-refractivity contribution >= 4 is 11.5 Å². The van der Waals surface area contributed by atoms with Crippen molar-refractivity contribution in [3.05, 3.63) is 83.3 Å². The molecule has 2 heterocycles. The summed E-state index contributed by atoms with van der Waals surface area (Å²) in [6.45, 7) is 2.98. The Hall–Kier alpha value is -3.21. The predicted molar refractivity (Wildman–Crippen MR) is 97.0 cm³/mol. The van der Waals surface area contributed by atoms with Gasteiger partial charge in [-0.15, -0.1) is 0 Å². The minimum Gasteiger partial charge on any atom is -0.355 e. The van der Waals surface area contributed by atoms with Crippen LogP contribution in [0.15, 0.2) is 65.3 Å². The molecule has 1 aliphatic rings. The molecule has 4 rings (SSSR count). The lowest BCUT2D eigenvalue weighted by Crippen LogP contribution is -2.28. The van der Waals surface area contributed by atoms with Crippen molar-refractivity contribution in [3.63, 3.8) is 0 Å². The van der Waals surface area contributed by atoms with E-state index in [1.165, 1.54) is 18.3 Å². The third-order valence-electron chi connectivity index (χ3n) is 4.54. The number of benzene rings is 2. The van der Waals surface area contributed by atoms with Crippen molar-refractivity contribution in [2.45, 2.75) is 6.92 Å². The van der Waals surface area contributed by atoms with Gasteiger partial charge in [-0.3, -0.25) is 4.79 Å². The Morgan fingerprint density at radius 1 is 1.08 bits per heavy atom. The molecule has 0 spiro atoms. The van der Waals surface area contributed by atoms with Crippen LogP contribution >= 0.6 is 0 Å². The Balaban J connectivity index is 1.54. The summed E-state index contributed by atoms with van der Waals surface area (Å²) in [5.74, 6) is 0.0768. The number of amides is 1. The summed E-state index contributed by atoms with van der Waals surface area (Å²) in [4.78, 5) is 14.7. The minimum absolute atomic E-state index is 0.129. The molecule has 3 aromatic rings. The SMILES string of the molecule is Cc1ccc(-c2oncc2C(=O)N2CC=C(c3ccc(F)cc3)C2)cc1. The number of carbonyl (C=O) groups is 1. The highest BCUT2D eigenvalue weighted by Crippen LogP contribution is 2.28. The van der Waals surface area contributed by atoms with E-state index >= 15 is 0 Å². The zero-order valence-electron chi connectivity index (χ0n) is 14.3. The van der Waals surface area contributed by atoms with Crippen molar-refractivity contribution in [1.29, 1.82) is 0 Å². The summed E-state index contributed by atoms with van der Waals surface area (Å²) in [6, 6.07) is 14.1. The molecule has 26 heavy (non-hydrogen) atoms. The van der Waals surface area contributed by atoms with Crippen LogP contribution in [0.3, 0.4) is 0 Å². The van der Waals surface area contributed by atoms with Crippen LogP contribution in [0.4, 0.5) is 4.39 Å². The number of hydrogen-bond donors (Lipinski definition) is 0. The molecule has 0 aliphatic carbocycles. The summed E-state index contributed by atoms with van der Waals surface area (Å²) >= 11 is 0. The first kappa shape index (κ1) is 16.3. The van der Waals surface area contributed by atoms with Gasteiger partial charge in [0.05, 0.1) is 6.20 Å². The van der Waals surface area contributed by atoms with Gasteiger partial charge in [-0.1, -0.05) is 53.2 Å². The summed E-state index contributed by atoms with van der Waals surface area (Å²) in [6.07, 6.45) is 3.46. The molecule has 130 valence electrons. The second-order valence-corrected chi connectivity index (χ2v) is 6.36. The van der Waals surface area contributed by atoms with E-state index in [-0.39, 0.29) is 11.7 Å². The molecule has 0 radical (unpaired) electrons. The average Bonchev–Trinajstić information content (AvgIpc) is 3.32. The molecule has 0 unspecified atom stereocenters. The molecule has 0 saturated carbocycles. The van der Waals surface area contributed by atoms with E-state index in [1.807, 2.05) is 37.3 Å². The van der Waals surface area contributed by atoms with Crippen molar-refractivity contribution < 1.29 is 13.7 Å². The molecule has 0 fully saturated rings. The Labute approximate surface area is 150 Å². The van der Waals surface area contributed by atoms with Crippen LogP contribution < -0.4 is 0 Å². The number of aromatic nitrogens is 1. The highest BCUT2D eigenvalue weighted by Gasteiger charge is 2.26. The molecule has 2 aromatic carbocycles. The fourth-order valence-corrected chi connectivity index (χ4v) is 3.06. The molecule has 1 aliphatic heterocycles. The number of hydrogen-bond acceptors (Lipinski definition) is 3. The van der Waals surface area contributed by atoms with Crippen molar-refractivity contribution in [1.82, 2.24) is 10.1 Å². The average molecular weight is 348 g/mol. The molecule has 5 heteroatoms. The zero-order valence-corrected chi connectivity index (χ0v) is 14.3. The van der Waals surface area contributed by atoms with Crippen molar-refractivity contribution in [2.24, 2.45) is 0 Å². The Morgan fingerprint density at radius 2 is 1.77 bits per heavy atom. The van der Waals surface area contributed by atoms with E-state index in [2.05, 4.69) is 5.16 Å². The van der Waals surface area contributed by atoms with Gasteiger partial charge in [0.2, 0.25) is 0 Å². The number of carbonyl (C=O) groups excluding carboxylic acids is 1. The van der Waals surface area contributed by atoms with E-state index in [0.717, 1.165) is 22.3 Å². The van der Waals surface area contributed by atoms with Gasteiger partial charge >= 0.3 is 0 Å². The van der Waals surface area contributed by atoms with Gasteiger partial charge in [0.15, 0.2) is 5.76 Å². The first-order valence-electron chi connectivity index (χ1n) is 8.38. The topological polar surface area (TPSA) is 46.3 Å². The van der Waals surface area contributed by atoms with E-state index in [9.17, 15) is 9.18 Å². The van der Waals surface area contributed by atoms with Crippen LogP contribution in [0.2, 0.25) is 0 Å². The van der Waals surface area contributed by atoms with E-state index in [0.29, 0.717) is 24.4 Å². The van der Waals surface area contributed by atoms with Crippen LogP contribution in [0.5, 0.6) is 0 Å². The monoisotopic (exact) mass is 348 g/mol. The quantitative estimate of drug-likeness (QED) is 0.708. The lowest BCUT2D eigenvalue weighted by molar-refractivity contribution is 0.0802. The van der Waals surface area contributed by atoms with Gasteiger partial charge in [-0.05, 0) is 30.2 Å². The first-order chi connectivity index (χ1) is 12.6. The van der Waals surface area contributed by atoms with Crippen LogP contribution in [0.25, 0.3) is 16.9 Å².